The number of rotatable bonds is 6. The van der Waals surface area contributed by atoms with Crippen LogP contribution in [0.4, 0.5) is 0 Å². The maximum atomic E-state index is 5.25. The quantitative estimate of drug-likeness (QED) is 0.180. The van der Waals surface area contributed by atoms with Gasteiger partial charge in [-0.3, -0.25) is 0 Å². The van der Waals surface area contributed by atoms with Crippen LogP contribution < -0.4 is 0 Å². The van der Waals surface area contributed by atoms with Crippen molar-refractivity contribution in [1.29, 1.82) is 0 Å². The molecule has 0 fully saturated rings. The number of fused-ring (bicyclic) bond motifs is 3. The summed E-state index contributed by atoms with van der Waals surface area (Å²) in [6.45, 7) is 0. The molecule has 0 amide bonds. The molecule has 3 aromatic heterocycles. The Balaban J connectivity index is 1.20. The minimum atomic E-state index is 0.605. The molecule has 0 aliphatic carbocycles. The third-order valence-corrected chi connectivity index (χ3v) is 9.73. The van der Waals surface area contributed by atoms with Gasteiger partial charge in [0.25, 0.3) is 0 Å². The average molecular weight is 646 g/mol. The van der Waals surface area contributed by atoms with Gasteiger partial charge in [-0.25, -0.2) is 24.9 Å². The van der Waals surface area contributed by atoms with Gasteiger partial charge in [0.15, 0.2) is 23.3 Å². The highest BCUT2D eigenvalue weighted by molar-refractivity contribution is 7.26. The summed E-state index contributed by atoms with van der Waals surface area (Å²) < 4.78 is 2.23. The molecule has 6 heteroatoms. The topological polar surface area (TPSA) is 64.5 Å². The second-order valence-electron chi connectivity index (χ2n) is 11.7. The molecule has 3 heterocycles. The summed E-state index contributed by atoms with van der Waals surface area (Å²) in [4.78, 5) is 25.2. The number of aromatic nitrogens is 5. The molecule has 5 nitrogen and oxygen atoms in total. The zero-order valence-corrected chi connectivity index (χ0v) is 27.0. The Morgan fingerprint density at radius 1 is 0.327 bits per heavy atom. The van der Waals surface area contributed by atoms with Crippen molar-refractivity contribution in [1.82, 2.24) is 24.9 Å². The van der Waals surface area contributed by atoms with E-state index in [9.17, 15) is 0 Å². The van der Waals surface area contributed by atoms with E-state index in [0.29, 0.717) is 23.3 Å². The third-order valence-electron chi connectivity index (χ3n) is 8.56. The summed E-state index contributed by atoms with van der Waals surface area (Å²) in [6.07, 6.45) is 0. The van der Waals surface area contributed by atoms with E-state index >= 15 is 0 Å². The number of benzene rings is 6. The fraction of sp³-hybridized carbons (Fsp3) is 0. The molecule has 0 radical (unpaired) electrons. The van der Waals surface area contributed by atoms with Crippen LogP contribution in [-0.2, 0) is 0 Å². The first kappa shape index (κ1) is 28.8. The van der Waals surface area contributed by atoms with Crippen LogP contribution >= 0.6 is 11.3 Å². The lowest BCUT2D eigenvalue weighted by molar-refractivity contribution is 1.07. The molecule has 0 aliphatic heterocycles. The van der Waals surface area contributed by atoms with Crippen molar-refractivity contribution in [2.24, 2.45) is 0 Å². The minimum absolute atomic E-state index is 0.605. The molecule has 0 aliphatic rings. The molecule has 0 saturated heterocycles. The molecule has 9 aromatic rings. The summed E-state index contributed by atoms with van der Waals surface area (Å²) in [5.74, 6) is 2.55. The monoisotopic (exact) mass is 645 g/mol. The molecule has 49 heavy (non-hydrogen) atoms. The Morgan fingerprint density at radius 2 is 0.776 bits per heavy atom. The minimum Gasteiger partial charge on any atom is -0.226 e. The Hall–Kier alpha value is -6.37. The second kappa shape index (κ2) is 12.3. The third kappa shape index (κ3) is 5.54. The number of thiophene rings is 1. The molecule has 6 aromatic carbocycles. The first-order valence-electron chi connectivity index (χ1n) is 16.1. The summed E-state index contributed by atoms with van der Waals surface area (Å²) >= 11 is 1.72. The van der Waals surface area contributed by atoms with Gasteiger partial charge in [-0.2, -0.15) is 0 Å². The molecule has 0 atom stereocenters. The van der Waals surface area contributed by atoms with Gasteiger partial charge < -0.3 is 0 Å². The number of hydrogen-bond donors (Lipinski definition) is 0. The van der Waals surface area contributed by atoms with E-state index in [-0.39, 0.29) is 0 Å². The highest BCUT2D eigenvalue weighted by Crippen LogP contribution is 2.40. The van der Waals surface area contributed by atoms with Crippen molar-refractivity contribution in [2.75, 3.05) is 0 Å². The Morgan fingerprint density at radius 3 is 1.43 bits per heavy atom. The molecule has 230 valence electrons. The molecular formula is C43H27N5S. The summed E-state index contributed by atoms with van der Waals surface area (Å²) in [5.41, 5.74) is 8.86. The molecule has 0 N–H and O–H groups in total. The van der Waals surface area contributed by atoms with Gasteiger partial charge in [0.2, 0.25) is 0 Å². The molecule has 0 spiro atoms. The normalized spacial score (nSPS) is 11.3. The number of nitrogens with zero attached hydrogens (tertiary/aromatic N) is 5. The van der Waals surface area contributed by atoms with Gasteiger partial charge in [-0.1, -0.05) is 152 Å². The first-order chi connectivity index (χ1) is 24.3. The Labute approximate surface area is 287 Å². The van der Waals surface area contributed by atoms with Gasteiger partial charge in [0.1, 0.15) is 0 Å². The fourth-order valence-electron chi connectivity index (χ4n) is 6.10. The van der Waals surface area contributed by atoms with E-state index in [4.69, 9.17) is 24.9 Å². The second-order valence-corrected chi connectivity index (χ2v) is 12.8. The fourth-order valence-corrected chi connectivity index (χ4v) is 7.25. The van der Waals surface area contributed by atoms with Crippen LogP contribution in [0.2, 0.25) is 0 Å². The van der Waals surface area contributed by atoms with Crippen LogP contribution in [0.5, 0.6) is 0 Å². The molecule has 9 rings (SSSR count). The van der Waals surface area contributed by atoms with Crippen LogP contribution in [0.1, 0.15) is 0 Å². The zero-order valence-electron chi connectivity index (χ0n) is 26.2. The van der Waals surface area contributed by atoms with E-state index < -0.39 is 0 Å². The predicted molar refractivity (Wildman–Crippen MR) is 201 cm³/mol. The summed E-state index contributed by atoms with van der Waals surface area (Å²) in [6, 6.07) is 55.8. The van der Waals surface area contributed by atoms with Crippen molar-refractivity contribution in [3.63, 3.8) is 0 Å². The summed E-state index contributed by atoms with van der Waals surface area (Å²) in [5, 5.41) is 1.13. The van der Waals surface area contributed by atoms with Gasteiger partial charge >= 0.3 is 0 Å². The Bertz CT molecular complexity index is 2530. The van der Waals surface area contributed by atoms with E-state index in [1.165, 1.54) is 10.3 Å². The standard InChI is InChI=1S/C43H27N5S/c1-4-13-28(14-5-1)29-23-25-32(26-24-29)40-44-37(39-38(45-40)35-21-10-11-22-36(35)49-39)33-19-12-20-34(27-33)43-47-41(30-15-6-2-7-16-30)46-42(48-43)31-17-8-3-9-18-31/h1-27H. The van der Waals surface area contributed by atoms with Crippen LogP contribution in [0.25, 0.3) is 88.2 Å². The smallest absolute Gasteiger partial charge is 0.164 e. The first-order valence-corrected chi connectivity index (χ1v) is 16.9. The highest BCUT2D eigenvalue weighted by Gasteiger charge is 2.18. The molecule has 0 saturated carbocycles. The average Bonchev–Trinajstić information content (AvgIpc) is 3.57. The molecule has 0 bridgehead atoms. The van der Waals surface area contributed by atoms with Crippen LogP contribution in [0.15, 0.2) is 164 Å². The highest BCUT2D eigenvalue weighted by atomic mass is 32.1. The van der Waals surface area contributed by atoms with Crippen LogP contribution in [0, 0.1) is 0 Å². The van der Waals surface area contributed by atoms with Gasteiger partial charge in [0.05, 0.1) is 15.9 Å². The van der Waals surface area contributed by atoms with Crippen molar-refractivity contribution >= 4 is 31.6 Å². The van der Waals surface area contributed by atoms with Gasteiger partial charge in [-0.15, -0.1) is 11.3 Å². The van der Waals surface area contributed by atoms with E-state index in [2.05, 4.69) is 97.1 Å². The maximum absolute atomic E-state index is 5.25. The summed E-state index contributed by atoms with van der Waals surface area (Å²) in [7, 11) is 0. The maximum Gasteiger partial charge on any atom is 0.164 e. The van der Waals surface area contributed by atoms with E-state index in [1.54, 1.807) is 11.3 Å². The van der Waals surface area contributed by atoms with E-state index in [1.807, 2.05) is 66.7 Å². The largest absolute Gasteiger partial charge is 0.226 e. The lowest BCUT2D eigenvalue weighted by atomic mass is 10.0. The van der Waals surface area contributed by atoms with Crippen molar-refractivity contribution in [3.05, 3.63) is 164 Å². The van der Waals surface area contributed by atoms with Crippen LogP contribution in [-0.4, -0.2) is 24.9 Å². The van der Waals surface area contributed by atoms with Crippen LogP contribution in [0.3, 0.4) is 0 Å². The predicted octanol–water partition coefficient (Wildman–Crippen LogP) is 11.0. The van der Waals surface area contributed by atoms with Crippen molar-refractivity contribution in [2.45, 2.75) is 0 Å². The van der Waals surface area contributed by atoms with Crippen molar-refractivity contribution in [3.8, 4) is 67.9 Å². The van der Waals surface area contributed by atoms with E-state index in [0.717, 1.165) is 54.7 Å². The molecular weight excluding hydrogens is 619 g/mol. The number of hydrogen-bond acceptors (Lipinski definition) is 6. The Kier molecular flexibility index (Phi) is 7.26. The van der Waals surface area contributed by atoms with Gasteiger partial charge in [0, 0.05) is 37.9 Å². The lowest BCUT2D eigenvalue weighted by Gasteiger charge is -2.11. The SMILES string of the molecule is c1ccc(-c2ccc(-c3nc(-c4cccc(-c5nc(-c6ccccc6)nc(-c6ccccc6)n5)c4)c4sc5ccccc5c4n3)cc2)cc1. The van der Waals surface area contributed by atoms with Gasteiger partial charge in [-0.05, 0) is 23.3 Å². The molecule has 0 unspecified atom stereocenters. The lowest BCUT2D eigenvalue weighted by Crippen LogP contribution is -2.00. The zero-order chi connectivity index (χ0) is 32.6. The van der Waals surface area contributed by atoms with Crippen molar-refractivity contribution < 1.29 is 0 Å².